The molecular formula is C8H16N2O2. The van der Waals surface area contributed by atoms with Crippen molar-refractivity contribution in [3.05, 3.63) is 0 Å². The molecule has 0 saturated heterocycles. The van der Waals surface area contributed by atoms with Gasteiger partial charge in [0, 0.05) is 20.0 Å². The average molecular weight is 172 g/mol. The quantitative estimate of drug-likeness (QED) is 0.557. The topological polar surface area (TPSA) is 49.4 Å². The van der Waals surface area contributed by atoms with Crippen molar-refractivity contribution in [2.45, 2.75) is 13.3 Å². The van der Waals surface area contributed by atoms with Gasteiger partial charge in [-0.2, -0.15) is 0 Å². The van der Waals surface area contributed by atoms with Crippen LogP contribution in [0.5, 0.6) is 0 Å². The molecule has 1 N–H and O–H groups in total. The van der Waals surface area contributed by atoms with Crippen LogP contribution in [0.25, 0.3) is 0 Å². The molecule has 70 valence electrons. The molecule has 0 heterocycles. The number of hydrogen-bond acceptors (Lipinski definition) is 3. The fourth-order valence-corrected chi connectivity index (χ4v) is 0.866. The van der Waals surface area contributed by atoms with Crippen LogP contribution in [-0.2, 0) is 9.59 Å². The van der Waals surface area contributed by atoms with E-state index in [0.29, 0.717) is 19.5 Å². The number of carbonyl (C=O) groups excluding carboxylic acids is 2. The van der Waals surface area contributed by atoms with Crippen molar-refractivity contribution in [3.63, 3.8) is 0 Å². The lowest BCUT2D eigenvalue weighted by molar-refractivity contribution is -0.122. The molecule has 0 aromatic rings. The van der Waals surface area contributed by atoms with Crippen molar-refractivity contribution in [2.24, 2.45) is 0 Å². The van der Waals surface area contributed by atoms with Crippen molar-refractivity contribution >= 4 is 12.2 Å². The molecule has 12 heavy (non-hydrogen) atoms. The second-order valence-electron chi connectivity index (χ2n) is 2.50. The van der Waals surface area contributed by atoms with Crippen molar-refractivity contribution in [3.8, 4) is 0 Å². The van der Waals surface area contributed by atoms with Gasteiger partial charge in [0.15, 0.2) is 0 Å². The molecule has 0 aromatic carbocycles. The van der Waals surface area contributed by atoms with Crippen LogP contribution in [0.15, 0.2) is 0 Å². The summed E-state index contributed by atoms with van der Waals surface area (Å²) in [7, 11) is 1.61. The van der Waals surface area contributed by atoms with Crippen molar-refractivity contribution < 1.29 is 9.59 Å². The normalized spacial score (nSPS) is 9.92. The first-order chi connectivity index (χ1) is 5.74. The minimum Gasteiger partial charge on any atom is -0.358 e. The highest BCUT2D eigenvalue weighted by molar-refractivity contribution is 5.77. The van der Waals surface area contributed by atoms with Crippen molar-refractivity contribution in [2.75, 3.05) is 26.7 Å². The van der Waals surface area contributed by atoms with E-state index in [1.165, 1.54) is 0 Å². The minimum atomic E-state index is -0.0113. The maximum Gasteiger partial charge on any atom is 0.233 e. The number of aldehydes is 1. The average Bonchev–Trinajstić information content (AvgIpc) is 2.11. The SMILES string of the molecule is CCN(CCC=O)CC(=O)NC. The smallest absolute Gasteiger partial charge is 0.233 e. The Morgan fingerprint density at radius 3 is 2.67 bits per heavy atom. The van der Waals surface area contributed by atoms with Gasteiger partial charge in [0.05, 0.1) is 6.54 Å². The molecule has 0 fully saturated rings. The molecular weight excluding hydrogens is 156 g/mol. The molecule has 4 heteroatoms. The van der Waals surface area contributed by atoms with Gasteiger partial charge in [-0.25, -0.2) is 0 Å². The van der Waals surface area contributed by atoms with Gasteiger partial charge in [-0.3, -0.25) is 9.69 Å². The highest BCUT2D eigenvalue weighted by Gasteiger charge is 2.05. The summed E-state index contributed by atoms with van der Waals surface area (Å²) in [6.45, 7) is 3.79. The van der Waals surface area contributed by atoms with Crippen LogP contribution >= 0.6 is 0 Å². The zero-order valence-electron chi connectivity index (χ0n) is 7.67. The van der Waals surface area contributed by atoms with E-state index in [4.69, 9.17) is 0 Å². The molecule has 0 atom stereocenters. The molecule has 0 aromatic heterocycles. The predicted octanol–water partition coefficient (Wildman–Crippen LogP) is -0.357. The fourth-order valence-electron chi connectivity index (χ4n) is 0.866. The van der Waals surface area contributed by atoms with Crippen LogP contribution in [0.4, 0.5) is 0 Å². The van der Waals surface area contributed by atoms with E-state index >= 15 is 0 Å². The van der Waals surface area contributed by atoms with Gasteiger partial charge in [-0.05, 0) is 6.54 Å². The highest BCUT2D eigenvalue weighted by Crippen LogP contribution is 1.88. The maximum atomic E-state index is 10.9. The molecule has 0 saturated carbocycles. The van der Waals surface area contributed by atoms with Crippen LogP contribution < -0.4 is 5.32 Å². The van der Waals surface area contributed by atoms with Gasteiger partial charge in [0.25, 0.3) is 0 Å². The lowest BCUT2D eigenvalue weighted by Gasteiger charge is -2.17. The van der Waals surface area contributed by atoms with E-state index in [-0.39, 0.29) is 5.91 Å². The summed E-state index contributed by atoms with van der Waals surface area (Å²) in [4.78, 5) is 22.9. The van der Waals surface area contributed by atoms with Gasteiger partial charge in [0.2, 0.25) is 5.91 Å². The van der Waals surface area contributed by atoms with Crippen LogP contribution in [-0.4, -0.2) is 43.8 Å². The number of nitrogens with zero attached hydrogens (tertiary/aromatic N) is 1. The first kappa shape index (κ1) is 11.1. The Kier molecular flexibility index (Phi) is 6.28. The summed E-state index contributed by atoms with van der Waals surface area (Å²) in [5.74, 6) is -0.0113. The summed E-state index contributed by atoms with van der Waals surface area (Å²) < 4.78 is 0. The third-order valence-electron chi connectivity index (χ3n) is 1.66. The number of likely N-dealkylation sites (N-methyl/N-ethyl adjacent to an activating group) is 2. The predicted molar refractivity (Wildman–Crippen MR) is 46.9 cm³/mol. The fraction of sp³-hybridized carbons (Fsp3) is 0.750. The van der Waals surface area contributed by atoms with Crippen molar-refractivity contribution in [1.82, 2.24) is 10.2 Å². The van der Waals surface area contributed by atoms with Gasteiger partial charge >= 0.3 is 0 Å². The Bertz CT molecular complexity index is 148. The molecule has 0 rings (SSSR count). The van der Waals surface area contributed by atoms with E-state index in [0.717, 1.165) is 12.8 Å². The zero-order chi connectivity index (χ0) is 9.40. The molecule has 0 aliphatic rings. The Labute approximate surface area is 72.9 Å². The maximum absolute atomic E-state index is 10.9. The highest BCUT2D eigenvalue weighted by atomic mass is 16.2. The van der Waals surface area contributed by atoms with E-state index in [9.17, 15) is 9.59 Å². The third kappa shape index (κ3) is 4.85. The lowest BCUT2D eigenvalue weighted by Crippen LogP contribution is -2.36. The first-order valence-electron chi connectivity index (χ1n) is 4.11. The summed E-state index contributed by atoms with van der Waals surface area (Å²) in [5.41, 5.74) is 0. The number of hydrogen-bond donors (Lipinski definition) is 1. The largest absolute Gasteiger partial charge is 0.358 e. The van der Waals surface area contributed by atoms with Crippen LogP contribution in [0.1, 0.15) is 13.3 Å². The van der Waals surface area contributed by atoms with Gasteiger partial charge in [-0.15, -0.1) is 0 Å². The van der Waals surface area contributed by atoms with E-state index < -0.39 is 0 Å². The van der Waals surface area contributed by atoms with E-state index in [2.05, 4.69) is 5.32 Å². The van der Waals surface area contributed by atoms with Gasteiger partial charge < -0.3 is 10.1 Å². The summed E-state index contributed by atoms with van der Waals surface area (Å²) in [6.07, 6.45) is 1.36. The molecule has 0 radical (unpaired) electrons. The Balaban J connectivity index is 3.66. The molecule has 4 nitrogen and oxygen atoms in total. The van der Waals surface area contributed by atoms with E-state index in [1.807, 2.05) is 11.8 Å². The van der Waals surface area contributed by atoms with E-state index in [1.54, 1.807) is 7.05 Å². The second-order valence-corrected chi connectivity index (χ2v) is 2.50. The van der Waals surface area contributed by atoms with Crippen LogP contribution in [0, 0.1) is 0 Å². The van der Waals surface area contributed by atoms with Crippen LogP contribution in [0.2, 0.25) is 0 Å². The number of nitrogens with one attached hydrogen (secondary N) is 1. The lowest BCUT2D eigenvalue weighted by atomic mass is 10.4. The zero-order valence-corrected chi connectivity index (χ0v) is 7.67. The Hall–Kier alpha value is -0.900. The molecule has 1 amide bonds. The summed E-state index contributed by atoms with van der Waals surface area (Å²) in [6, 6.07) is 0. The van der Waals surface area contributed by atoms with Crippen molar-refractivity contribution in [1.29, 1.82) is 0 Å². The molecule has 0 bridgehead atoms. The third-order valence-corrected chi connectivity index (χ3v) is 1.66. The Morgan fingerprint density at radius 2 is 2.25 bits per heavy atom. The minimum absolute atomic E-state index is 0.0113. The Morgan fingerprint density at radius 1 is 1.58 bits per heavy atom. The second kappa shape index (κ2) is 6.79. The number of rotatable bonds is 6. The summed E-state index contributed by atoms with van der Waals surface area (Å²) in [5, 5.41) is 2.54. The molecule has 0 aliphatic heterocycles. The number of amides is 1. The van der Waals surface area contributed by atoms with Gasteiger partial charge in [-0.1, -0.05) is 6.92 Å². The number of carbonyl (C=O) groups is 2. The molecule has 0 aliphatic carbocycles. The molecule has 0 unspecified atom stereocenters. The monoisotopic (exact) mass is 172 g/mol. The molecule has 0 spiro atoms. The summed E-state index contributed by atoms with van der Waals surface area (Å²) >= 11 is 0. The first-order valence-corrected chi connectivity index (χ1v) is 4.11. The van der Waals surface area contributed by atoms with Gasteiger partial charge in [0.1, 0.15) is 6.29 Å². The van der Waals surface area contributed by atoms with Crippen LogP contribution in [0.3, 0.4) is 0 Å². The standard InChI is InChI=1S/C8H16N2O2/c1-3-10(5-4-6-11)7-8(12)9-2/h6H,3-5,7H2,1-2H3,(H,9,12).